The van der Waals surface area contributed by atoms with E-state index in [9.17, 15) is 4.79 Å². The lowest BCUT2D eigenvalue weighted by Crippen LogP contribution is -2.44. The monoisotopic (exact) mass is 326 g/mol. The molecule has 0 aliphatic carbocycles. The molecule has 1 N–H and O–H groups in total. The number of nitrogens with zero attached hydrogens (tertiary/aromatic N) is 3. The number of hydrogen-bond acceptors (Lipinski definition) is 5. The SMILES string of the molecule is CC(C)(C)OC(=O)N1CCC[C@@H](CNc2ncc(Cl)cn2)C1. The molecule has 1 aromatic rings. The maximum absolute atomic E-state index is 12.1. The molecule has 1 saturated heterocycles. The van der Waals surface area contributed by atoms with Gasteiger partial charge < -0.3 is 15.0 Å². The maximum atomic E-state index is 12.1. The van der Waals surface area contributed by atoms with Crippen molar-refractivity contribution in [3.05, 3.63) is 17.4 Å². The van der Waals surface area contributed by atoms with Crippen LogP contribution in [0.4, 0.5) is 10.7 Å². The Morgan fingerprint density at radius 1 is 1.45 bits per heavy atom. The molecule has 6 nitrogen and oxygen atoms in total. The van der Waals surface area contributed by atoms with Gasteiger partial charge in [0.25, 0.3) is 0 Å². The normalized spacial score (nSPS) is 18.9. The summed E-state index contributed by atoms with van der Waals surface area (Å²) in [7, 11) is 0. The van der Waals surface area contributed by atoms with E-state index >= 15 is 0 Å². The number of likely N-dealkylation sites (tertiary alicyclic amines) is 1. The van der Waals surface area contributed by atoms with Crippen LogP contribution < -0.4 is 5.32 Å². The number of ether oxygens (including phenoxy) is 1. The summed E-state index contributed by atoms with van der Waals surface area (Å²) in [5, 5.41) is 3.70. The number of piperidine rings is 1. The van der Waals surface area contributed by atoms with Crippen molar-refractivity contribution in [3.63, 3.8) is 0 Å². The van der Waals surface area contributed by atoms with E-state index in [1.54, 1.807) is 17.3 Å². The van der Waals surface area contributed by atoms with Gasteiger partial charge >= 0.3 is 6.09 Å². The van der Waals surface area contributed by atoms with Crippen LogP contribution in [0.3, 0.4) is 0 Å². The first-order chi connectivity index (χ1) is 10.3. The van der Waals surface area contributed by atoms with Gasteiger partial charge in [0, 0.05) is 19.6 Å². The van der Waals surface area contributed by atoms with E-state index in [4.69, 9.17) is 16.3 Å². The van der Waals surface area contributed by atoms with Crippen molar-refractivity contribution in [1.29, 1.82) is 0 Å². The highest BCUT2D eigenvalue weighted by molar-refractivity contribution is 6.30. The van der Waals surface area contributed by atoms with Gasteiger partial charge in [0.05, 0.1) is 17.4 Å². The number of nitrogens with one attached hydrogen (secondary N) is 1. The van der Waals surface area contributed by atoms with Crippen LogP contribution in [0, 0.1) is 5.92 Å². The van der Waals surface area contributed by atoms with Gasteiger partial charge in [-0.25, -0.2) is 14.8 Å². The van der Waals surface area contributed by atoms with Crippen LogP contribution in [0.25, 0.3) is 0 Å². The molecule has 1 aromatic heterocycles. The lowest BCUT2D eigenvalue weighted by Gasteiger charge is -2.34. The lowest BCUT2D eigenvalue weighted by atomic mass is 9.98. The quantitative estimate of drug-likeness (QED) is 0.924. The van der Waals surface area contributed by atoms with Gasteiger partial charge in [-0.1, -0.05) is 11.6 Å². The second-order valence-electron chi connectivity index (χ2n) is 6.54. The van der Waals surface area contributed by atoms with Gasteiger partial charge in [0.2, 0.25) is 5.95 Å². The predicted octanol–water partition coefficient (Wildman–Crippen LogP) is 3.19. The molecular formula is C15H23ClN4O2. The van der Waals surface area contributed by atoms with Crippen LogP contribution in [-0.4, -0.2) is 46.2 Å². The maximum Gasteiger partial charge on any atom is 0.410 e. The van der Waals surface area contributed by atoms with E-state index in [0.717, 1.165) is 25.9 Å². The Balaban J connectivity index is 1.82. The Labute approximate surface area is 136 Å². The molecule has 0 saturated carbocycles. The molecule has 1 aliphatic heterocycles. The van der Waals surface area contributed by atoms with Crippen molar-refractivity contribution >= 4 is 23.6 Å². The molecule has 0 bridgehead atoms. The van der Waals surface area contributed by atoms with Crippen molar-refractivity contribution < 1.29 is 9.53 Å². The molecule has 0 aromatic carbocycles. The van der Waals surface area contributed by atoms with Crippen LogP contribution in [0.2, 0.25) is 5.02 Å². The van der Waals surface area contributed by atoms with Crippen LogP contribution in [0.5, 0.6) is 0 Å². The summed E-state index contributed by atoms with van der Waals surface area (Å²) in [5.74, 6) is 0.916. The van der Waals surface area contributed by atoms with E-state index in [2.05, 4.69) is 15.3 Å². The van der Waals surface area contributed by atoms with Crippen molar-refractivity contribution in [2.24, 2.45) is 5.92 Å². The van der Waals surface area contributed by atoms with E-state index in [1.165, 1.54) is 0 Å². The number of carbonyl (C=O) groups excluding carboxylic acids is 1. The number of hydrogen-bond donors (Lipinski definition) is 1. The van der Waals surface area contributed by atoms with Gasteiger partial charge in [0.15, 0.2) is 0 Å². The fourth-order valence-electron chi connectivity index (χ4n) is 2.36. The summed E-state index contributed by atoms with van der Waals surface area (Å²) in [6.45, 7) is 7.81. The molecule has 7 heteroatoms. The third-order valence-corrected chi connectivity index (χ3v) is 3.54. The molecule has 1 fully saturated rings. The van der Waals surface area contributed by atoms with Crippen molar-refractivity contribution in [3.8, 4) is 0 Å². The van der Waals surface area contributed by atoms with Crippen LogP contribution in [0.1, 0.15) is 33.6 Å². The van der Waals surface area contributed by atoms with Crippen molar-refractivity contribution in [1.82, 2.24) is 14.9 Å². The Kier molecular flexibility index (Phi) is 5.45. The topological polar surface area (TPSA) is 67.3 Å². The van der Waals surface area contributed by atoms with Crippen molar-refractivity contribution in [2.45, 2.75) is 39.2 Å². The first-order valence-electron chi connectivity index (χ1n) is 7.53. The second kappa shape index (κ2) is 7.13. The molecule has 122 valence electrons. The smallest absolute Gasteiger partial charge is 0.410 e. The molecule has 22 heavy (non-hydrogen) atoms. The molecule has 0 spiro atoms. The summed E-state index contributed by atoms with van der Waals surface area (Å²) < 4.78 is 5.43. The number of anilines is 1. The number of carbonyl (C=O) groups is 1. The zero-order valence-electron chi connectivity index (χ0n) is 13.3. The largest absolute Gasteiger partial charge is 0.444 e. The summed E-state index contributed by atoms with van der Waals surface area (Å²) in [4.78, 5) is 22.1. The van der Waals surface area contributed by atoms with Crippen molar-refractivity contribution in [2.75, 3.05) is 25.0 Å². The summed E-state index contributed by atoms with van der Waals surface area (Å²) in [5.41, 5.74) is -0.459. The molecular weight excluding hydrogens is 304 g/mol. The number of halogens is 1. The first-order valence-corrected chi connectivity index (χ1v) is 7.90. The predicted molar refractivity (Wildman–Crippen MR) is 86.1 cm³/mol. The van der Waals surface area contributed by atoms with Gasteiger partial charge in [-0.05, 0) is 39.5 Å². The Morgan fingerprint density at radius 3 is 2.77 bits per heavy atom. The third kappa shape index (κ3) is 5.33. The number of rotatable bonds is 3. The minimum atomic E-state index is -0.459. The Hall–Kier alpha value is -1.56. The fraction of sp³-hybridized carbons (Fsp3) is 0.667. The molecule has 1 amide bonds. The summed E-state index contributed by atoms with van der Waals surface area (Å²) >= 11 is 5.76. The molecule has 2 rings (SSSR count). The molecule has 2 heterocycles. The molecule has 0 radical (unpaired) electrons. The summed E-state index contributed by atoms with van der Waals surface area (Å²) in [6.07, 6.45) is 4.93. The highest BCUT2D eigenvalue weighted by atomic mass is 35.5. The van der Waals surface area contributed by atoms with Crippen LogP contribution in [-0.2, 0) is 4.74 Å². The minimum absolute atomic E-state index is 0.236. The minimum Gasteiger partial charge on any atom is -0.444 e. The molecule has 0 unspecified atom stereocenters. The van der Waals surface area contributed by atoms with Gasteiger partial charge in [-0.2, -0.15) is 0 Å². The Bertz CT molecular complexity index is 501. The van der Waals surface area contributed by atoms with E-state index in [1.807, 2.05) is 20.8 Å². The average Bonchev–Trinajstić information content (AvgIpc) is 2.45. The second-order valence-corrected chi connectivity index (χ2v) is 6.98. The zero-order chi connectivity index (χ0) is 16.2. The highest BCUT2D eigenvalue weighted by Gasteiger charge is 2.27. The van der Waals surface area contributed by atoms with E-state index < -0.39 is 5.60 Å². The fourth-order valence-corrected chi connectivity index (χ4v) is 2.46. The molecule has 1 aliphatic rings. The van der Waals surface area contributed by atoms with Gasteiger partial charge in [-0.15, -0.1) is 0 Å². The lowest BCUT2D eigenvalue weighted by molar-refractivity contribution is 0.0172. The standard InChI is InChI=1S/C15H23ClN4O2/c1-15(2,3)22-14(21)20-6-4-5-11(10-20)7-17-13-18-8-12(16)9-19-13/h8-9,11H,4-7,10H2,1-3H3,(H,17,18,19)/t11-/m0/s1. The highest BCUT2D eigenvalue weighted by Crippen LogP contribution is 2.19. The zero-order valence-corrected chi connectivity index (χ0v) is 14.1. The molecule has 1 atom stereocenters. The summed E-state index contributed by atoms with van der Waals surface area (Å²) in [6, 6.07) is 0. The third-order valence-electron chi connectivity index (χ3n) is 3.34. The van der Waals surface area contributed by atoms with E-state index in [-0.39, 0.29) is 6.09 Å². The first kappa shape index (κ1) is 16.8. The van der Waals surface area contributed by atoms with Gasteiger partial charge in [-0.3, -0.25) is 0 Å². The van der Waals surface area contributed by atoms with Crippen LogP contribution in [0.15, 0.2) is 12.4 Å². The van der Waals surface area contributed by atoms with Crippen LogP contribution >= 0.6 is 11.6 Å². The van der Waals surface area contributed by atoms with E-state index in [0.29, 0.717) is 23.4 Å². The Morgan fingerprint density at radius 2 is 2.14 bits per heavy atom. The average molecular weight is 327 g/mol. The number of aromatic nitrogens is 2. The number of amides is 1. The van der Waals surface area contributed by atoms with Gasteiger partial charge in [0.1, 0.15) is 5.60 Å².